The zero-order valence-corrected chi connectivity index (χ0v) is 14.2. The number of aromatic nitrogens is 1. The highest BCUT2D eigenvalue weighted by Gasteiger charge is 2.29. The molecule has 1 amide bonds. The van der Waals surface area contributed by atoms with Gasteiger partial charge in [0.1, 0.15) is 5.75 Å². The monoisotopic (exact) mass is 341 g/mol. The van der Waals surface area contributed by atoms with Gasteiger partial charge in [0, 0.05) is 5.92 Å². The average molecular weight is 342 g/mol. The van der Waals surface area contributed by atoms with Crippen LogP contribution in [0.25, 0.3) is 10.2 Å². The number of thiazole rings is 1. The van der Waals surface area contributed by atoms with E-state index < -0.39 is 0 Å². The summed E-state index contributed by atoms with van der Waals surface area (Å²) in [5.41, 5.74) is 0.886. The highest BCUT2D eigenvalue weighted by Crippen LogP contribution is 2.30. The number of nitrogens with zero attached hydrogens (tertiary/aromatic N) is 1. The highest BCUT2D eigenvalue weighted by atomic mass is 35.5. The maximum absolute atomic E-state index is 12.2. The Labute approximate surface area is 139 Å². The number of fused-ring (bicyclic) bond motifs is 1. The molecular weight excluding hydrogens is 322 g/mol. The Balaban J connectivity index is 0.00000176. The number of carbonyl (C=O) groups excluding carboxylic acids is 1. The third-order valence-corrected chi connectivity index (χ3v) is 4.77. The fourth-order valence-corrected chi connectivity index (χ4v) is 3.21. The van der Waals surface area contributed by atoms with E-state index in [2.05, 4.69) is 15.6 Å². The van der Waals surface area contributed by atoms with Crippen LogP contribution in [0.15, 0.2) is 18.2 Å². The van der Waals surface area contributed by atoms with Gasteiger partial charge in [0.05, 0.1) is 16.8 Å². The van der Waals surface area contributed by atoms with Gasteiger partial charge in [-0.2, -0.15) is 0 Å². The van der Waals surface area contributed by atoms with Crippen LogP contribution in [-0.2, 0) is 4.79 Å². The first-order valence-corrected chi connectivity index (χ1v) is 8.04. The fourth-order valence-electron chi connectivity index (χ4n) is 2.31. The minimum absolute atomic E-state index is 0. The van der Waals surface area contributed by atoms with Gasteiger partial charge in [-0.25, -0.2) is 4.98 Å². The molecule has 2 N–H and O–H groups in total. The number of anilines is 1. The van der Waals surface area contributed by atoms with Crippen molar-refractivity contribution in [2.45, 2.75) is 13.8 Å². The first-order chi connectivity index (χ1) is 10.2. The lowest BCUT2D eigenvalue weighted by Gasteiger charge is -2.31. The molecule has 5 nitrogen and oxygen atoms in total. The minimum atomic E-state index is 0. The number of carbonyl (C=O) groups is 1. The van der Waals surface area contributed by atoms with Gasteiger partial charge in [-0.3, -0.25) is 4.79 Å². The van der Waals surface area contributed by atoms with E-state index in [1.807, 2.05) is 32.0 Å². The lowest BCUT2D eigenvalue weighted by atomic mass is 9.88. The molecule has 0 spiro atoms. The SMILES string of the molecule is CCOc1ccc2nc(NC(=O)C(C)C3CNC3)sc2c1.Cl. The molecular formula is C15H20ClN3O2S. The van der Waals surface area contributed by atoms with Crippen molar-refractivity contribution < 1.29 is 9.53 Å². The molecule has 0 radical (unpaired) electrons. The van der Waals surface area contributed by atoms with Crippen molar-refractivity contribution in [2.75, 3.05) is 25.0 Å². The number of amides is 1. The van der Waals surface area contributed by atoms with Gasteiger partial charge in [0.25, 0.3) is 0 Å². The topological polar surface area (TPSA) is 63.2 Å². The highest BCUT2D eigenvalue weighted by molar-refractivity contribution is 7.22. The van der Waals surface area contributed by atoms with Gasteiger partial charge < -0.3 is 15.4 Å². The lowest BCUT2D eigenvalue weighted by molar-refractivity contribution is -0.121. The summed E-state index contributed by atoms with van der Waals surface area (Å²) >= 11 is 1.48. The van der Waals surface area contributed by atoms with Gasteiger partial charge in [-0.1, -0.05) is 18.3 Å². The van der Waals surface area contributed by atoms with E-state index in [4.69, 9.17) is 4.74 Å². The second-order valence-electron chi connectivity index (χ2n) is 5.28. The Kier molecular flexibility index (Phi) is 5.61. The van der Waals surface area contributed by atoms with Crippen LogP contribution in [0, 0.1) is 11.8 Å². The zero-order valence-electron chi connectivity index (χ0n) is 12.6. The van der Waals surface area contributed by atoms with Crippen LogP contribution in [0.4, 0.5) is 5.13 Å². The number of nitrogens with one attached hydrogen (secondary N) is 2. The number of ether oxygens (including phenoxy) is 1. The molecule has 1 aromatic carbocycles. The predicted octanol–water partition coefficient (Wildman–Crippen LogP) is 2.91. The number of hydrogen-bond donors (Lipinski definition) is 2. The van der Waals surface area contributed by atoms with E-state index in [1.165, 1.54) is 11.3 Å². The molecule has 1 aromatic heterocycles. The van der Waals surface area contributed by atoms with Crippen molar-refractivity contribution in [3.05, 3.63) is 18.2 Å². The molecule has 7 heteroatoms. The first-order valence-electron chi connectivity index (χ1n) is 7.22. The normalized spacial score (nSPS) is 15.7. The molecule has 1 aliphatic rings. The molecule has 1 saturated heterocycles. The smallest absolute Gasteiger partial charge is 0.229 e. The summed E-state index contributed by atoms with van der Waals surface area (Å²) in [5, 5.41) is 6.78. The van der Waals surface area contributed by atoms with Crippen molar-refractivity contribution in [3.8, 4) is 5.75 Å². The lowest BCUT2D eigenvalue weighted by Crippen LogP contribution is -2.48. The Morgan fingerprint density at radius 3 is 2.95 bits per heavy atom. The molecule has 1 atom stereocenters. The van der Waals surface area contributed by atoms with Gasteiger partial charge in [-0.15, -0.1) is 12.4 Å². The van der Waals surface area contributed by atoms with E-state index >= 15 is 0 Å². The molecule has 3 rings (SSSR count). The number of rotatable bonds is 5. The Morgan fingerprint density at radius 2 is 2.32 bits per heavy atom. The standard InChI is InChI=1S/C15H19N3O2S.ClH/c1-3-20-11-4-5-12-13(6-11)21-15(17-12)18-14(19)9(2)10-7-16-8-10;/h4-6,9-10,16H,3,7-8H2,1-2H3,(H,17,18,19);1H. The molecule has 0 aliphatic carbocycles. The first kappa shape index (κ1) is 17.0. The molecule has 22 heavy (non-hydrogen) atoms. The summed E-state index contributed by atoms with van der Waals surface area (Å²) in [6.45, 7) is 6.42. The summed E-state index contributed by atoms with van der Waals surface area (Å²) in [5.74, 6) is 1.33. The Bertz CT molecular complexity index is 657. The fraction of sp³-hybridized carbons (Fsp3) is 0.467. The zero-order chi connectivity index (χ0) is 14.8. The van der Waals surface area contributed by atoms with Crippen LogP contribution in [0.5, 0.6) is 5.75 Å². The van der Waals surface area contributed by atoms with Crippen LogP contribution in [-0.4, -0.2) is 30.6 Å². The van der Waals surface area contributed by atoms with Crippen LogP contribution >= 0.6 is 23.7 Å². The largest absolute Gasteiger partial charge is 0.494 e. The van der Waals surface area contributed by atoms with Gasteiger partial charge in [-0.05, 0) is 44.1 Å². The molecule has 0 saturated carbocycles. The molecule has 1 unspecified atom stereocenters. The second kappa shape index (κ2) is 7.26. The summed E-state index contributed by atoms with van der Waals surface area (Å²) in [4.78, 5) is 16.7. The third-order valence-electron chi connectivity index (χ3n) is 3.83. The molecule has 1 fully saturated rings. The quantitative estimate of drug-likeness (QED) is 0.877. The second-order valence-corrected chi connectivity index (χ2v) is 6.31. The summed E-state index contributed by atoms with van der Waals surface area (Å²) in [6.07, 6.45) is 0. The van der Waals surface area contributed by atoms with Gasteiger partial charge >= 0.3 is 0 Å². The van der Waals surface area contributed by atoms with Gasteiger partial charge in [0.15, 0.2) is 5.13 Å². The van der Waals surface area contributed by atoms with Crippen LogP contribution in [0.3, 0.4) is 0 Å². The average Bonchev–Trinajstić information content (AvgIpc) is 2.78. The molecule has 2 heterocycles. The summed E-state index contributed by atoms with van der Waals surface area (Å²) < 4.78 is 6.50. The van der Waals surface area contributed by atoms with Crippen molar-refractivity contribution in [1.82, 2.24) is 10.3 Å². The Hall–Kier alpha value is -1.37. The summed E-state index contributed by atoms with van der Waals surface area (Å²) in [7, 11) is 0. The molecule has 2 aromatic rings. The molecule has 120 valence electrons. The van der Waals surface area contributed by atoms with Gasteiger partial charge in [0.2, 0.25) is 5.91 Å². The van der Waals surface area contributed by atoms with Crippen molar-refractivity contribution in [2.24, 2.45) is 11.8 Å². The van der Waals surface area contributed by atoms with Crippen molar-refractivity contribution >= 4 is 45.0 Å². The van der Waals surface area contributed by atoms with Crippen LogP contribution in [0.2, 0.25) is 0 Å². The summed E-state index contributed by atoms with van der Waals surface area (Å²) in [6, 6.07) is 5.79. The van der Waals surface area contributed by atoms with Crippen LogP contribution < -0.4 is 15.4 Å². The van der Waals surface area contributed by atoms with Crippen molar-refractivity contribution in [1.29, 1.82) is 0 Å². The number of benzene rings is 1. The predicted molar refractivity (Wildman–Crippen MR) is 92.2 cm³/mol. The van der Waals surface area contributed by atoms with Crippen molar-refractivity contribution in [3.63, 3.8) is 0 Å². The number of halogens is 1. The third kappa shape index (κ3) is 3.51. The minimum Gasteiger partial charge on any atom is -0.494 e. The maximum atomic E-state index is 12.2. The van der Waals surface area contributed by atoms with E-state index in [1.54, 1.807) is 0 Å². The maximum Gasteiger partial charge on any atom is 0.229 e. The van der Waals surface area contributed by atoms with E-state index in [9.17, 15) is 4.79 Å². The van der Waals surface area contributed by atoms with E-state index in [-0.39, 0.29) is 24.2 Å². The van der Waals surface area contributed by atoms with Crippen LogP contribution in [0.1, 0.15) is 13.8 Å². The Morgan fingerprint density at radius 1 is 1.55 bits per heavy atom. The molecule has 1 aliphatic heterocycles. The van der Waals surface area contributed by atoms with E-state index in [0.717, 1.165) is 29.1 Å². The number of hydrogen-bond acceptors (Lipinski definition) is 5. The molecule has 0 bridgehead atoms. The van der Waals surface area contributed by atoms with E-state index in [0.29, 0.717) is 17.7 Å².